The first-order chi connectivity index (χ1) is 15.2. The standard InChI is InChI=1S/C22H23N5O3S/c28-21(19-15-13-29-9-2-16(15)25-26-19)27-7-3-22(4-8-27)20-14(1-10-30-22)11-18(31-20)17-12-23-5-6-24-17/h5-6,11-12H,1-4,7-10,13H2,(H,25,26). The highest BCUT2D eigenvalue weighted by molar-refractivity contribution is 7.15. The van der Waals surface area contributed by atoms with E-state index in [0.717, 1.165) is 47.5 Å². The third-order valence-electron chi connectivity index (χ3n) is 6.54. The molecule has 160 valence electrons. The average Bonchev–Trinajstić information content (AvgIpc) is 3.45. The molecule has 1 saturated heterocycles. The van der Waals surface area contributed by atoms with Gasteiger partial charge < -0.3 is 14.4 Å². The molecule has 0 saturated carbocycles. The lowest BCUT2D eigenvalue weighted by molar-refractivity contribution is -0.0906. The number of nitrogens with zero attached hydrogens (tertiary/aromatic N) is 4. The summed E-state index contributed by atoms with van der Waals surface area (Å²) in [6, 6.07) is 2.24. The highest BCUT2D eigenvalue weighted by Crippen LogP contribution is 2.47. The van der Waals surface area contributed by atoms with Crippen molar-refractivity contribution in [3.05, 3.63) is 52.0 Å². The second-order valence-corrected chi connectivity index (χ2v) is 9.32. The number of aromatic nitrogens is 4. The zero-order chi connectivity index (χ0) is 20.8. The van der Waals surface area contributed by atoms with E-state index >= 15 is 0 Å². The van der Waals surface area contributed by atoms with E-state index in [1.807, 2.05) is 4.90 Å². The molecule has 1 N–H and O–H groups in total. The van der Waals surface area contributed by atoms with E-state index in [-0.39, 0.29) is 11.5 Å². The summed E-state index contributed by atoms with van der Waals surface area (Å²) < 4.78 is 11.9. The molecule has 31 heavy (non-hydrogen) atoms. The number of H-pyrrole nitrogens is 1. The number of rotatable bonds is 2. The van der Waals surface area contributed by atoms with Crippen LogP contribution in [0.2, 0.25) is 0 Å². The van der Waals surface area contributed by atoms with Crippen LogP contribution < -0.4 is 0 Å². The Morgan fingerprint density at radius 2 is 2.10 bits per heavy atom. The fourth-order valence-electron chi connectivity index (χ4n) is 4.86. The van der Waals surface area contributed by atoms with Crippen LogP contribution in [0.5, 0.6) is 0 Å². The molecule has 6 rings (SSSR count). The summed E-state index contributed by atoms with van der Waals surface area (Å²) in [7, 11) is 0. The van der Waals surface area contributed by atoms with E-state index in [9.17, 15) is 4.79 Å². The highest BCUT2D eigenvalue weighted by Gasteiger charge is 2.44. The molecule has 3 aromatic rings. The number of fused-ring (bicyclic) bond motifs is 3. The third-order valence-corrected chi connectivity index (χ3v) is 7.93. The molecular weight excluding hydrogens is 414 g/mol. The van der Waals surface area contributed by atoms with Crippen LogP contribution in [-0.4, -0.2) is 57.3 Å². The van der Waals surface area contributed by atoms with Crippen LogP contribution in [0.25, 0.3) is 10.6 Å². The molecule has 3 aliphatic heterocycles. The molecule has 3 aromatic heterocycles. The zero-order valence-electron chi connectivity index (χ0n) is 17.1. The first-order valence-electron chi connectivity index (χ1n) is 10.7. The van der Waals surface area contributed by atoms with Crippen LogP contribution in [0.15, 0.2) is 24.7 Å². The van der Waals surface area contributed by atoms with Crippen LogP contribution in [0.3, 0.4) is 0 Å². The summed E-state index contributed by atoms with van der Waals surface area (Å²) in [4.78, 5) is 26.2. The van der Waals surface area contributed by atoms with Crippen molar-refractivity contribution in [2.75, 3.05) is 26.3 Å². The van der Waals surface area contributed by atoms with Crippen molar-refractivity contribution in [1.82, 2.24) is 25.1 Å². The molecule has 0 aromatic carbocycles. The Labute approximate surface area is 183 Å². The Bertz CT molecular complexity index is 1120. The minimum absolute atomic E-state index is 0.0136. The molecule has 0 unspecified atom stereocenters. The molecule has 1 fully saturated rings. The number of hydrogen-bond donors (Lipinski definition) is 1. The number of amides is 1. The van der Waals surface area contributed by atoms with Crippen LogP contribution in [-0.2, 0) is 34.5 Å². The maximum atomic E-state index is 13.2. The van der Waals surface area contributed by atoms with Crippen molar-refractivity contribution in [3.8, 4) is 10.6 Å². The highest BCUT2D eigenvalue weighted by atomic mass is 32.1. The number of likely N-dealkylation sites (tertiary alicyclic amines) is 1. The third kappa shape index (κ3) is 3.19. The van der Waals surface area contributed by atoms with Gasteiger partial charge in [-0.25, -0.2) is 0 Å². The van der Waals surface area contributed by atoms with E-state index in [2.05, 4.69) is 26.2 Å². The smallest absolute Gasteiger partial charge is 0.274 e. The van der Waals surface area contributed by atoms with Crippen molar-refractivity contribution in [1.29, 1.82) is 0 Å². The van der Waals surface area contributed by atoms with Gasteiger partial charge in [0.25, 0.3) is 5.91 Å². The Morgan fingerprint density at radius 3 is 2.94 bits per heavy atom. The number of aromatic amines is 1. The largest absolute Gasteiger partial charge is 0.376 e. The zero-order valence-corrected chi connectivity index (χ0v) is 17.9. The SMILES string of the molecule is O=C(c1n[nH]c2c1COCC2)N1CCC2(CC1)OCCc1cc(-c3cnccn3)sc12. The van der Waals surface area contributed by atoms with Crippen molar-refractivity contribution < 1.29 is 14.3 Å². The van der Waals surface area contributed by atoms with Gasteiger partial charge in [0.15, 0.2) is 5.69 Å². The normalized spacial score (nSPS) is 19.8. The maximum Gasteiger partial charge on any atom is 0.274 e. The van der Waals surface area contributed by atoms with Gasteiger partial charge >= 0.3 is 0 Å². The molecule has 0 radical (unpaired) electrons. The molecule has 1 spiro atoms. The second kappa shape index (κ2) is 7.51. The van der Waals surface area contributed by atoms with Crippen LogP contribution in [0.1, 0.15) is 45.0 Å². The Balaban J connectivity index is 1.23. The van der Waals surface area contributed by atoms with Crippen molar-refractivity contribution in [2.24, 2.45) is 0 Å². The lowest BCUT2D eigenvalue weighted by Crippen LogP contribution is -2.48. The monoisotopic (exact) mass is 437 g/mol. The molecule has 3 aliphatic rings. The van der Waals surface area contributed by atoms with E-state index in [1.165, 1.54) is 10.4 Å². The maximum absolute atomic E-state index is 13.2. The number of carbonyl (C=O) groups excluding carboxylic acids is 1. The fourth-order valence-corrected chi connectivity index (χ4v) is 6.23. The summed E-state index contributed by atoms with van der Waals surface area (Å²) in [5, 5.41) is 7.33. The fraction of sp³-hybridized carbons (Fsp3) is 0.455. The summed E-state index contributed by atoms with van der Waals surface area (Å²) >= 11 is 1.75. The first kappa shape index (κ1) is 19.1. The number of carbonyl (C=O) groups is 1. The number of thiophene rings is 1. The number of hydrogen-bond acceptors (Lipinski definition) is 7. The molecular formula is C22H23N5O3S. The van der Waals surface area contributed by atoms with Crippen LogP contribution >= 0.6 is 11.3 Å². The number of nitrogens with one attached hydrogen (secondary N) is 1. The lowest BCUT2D eigenvalue weighted by Gasteiger charge is -2.43. The summed E-state index contributed by atoms with van der Waals surface area (Å²) in [5.74, 6) is -0.0136. The lowest BCUT2D eigenvalue weighted by atomic mass is 9.85. The van der Waals surface area contributed by atoms with Gasteiger partial charge in [-0.1, -0.05) is 0 Å². The minimum Gasteiger partial charge on any atom is -0.376 e. The van der Waals surface area contributed by atoms with Crippen molar-refractivity contribution >= 4 is 17.2 Å². The predicted octanol–water partition coefficient (Wildman–Crippen LogP) is 2.71. The van der Waals surface area contributed by atoms with Gasteiger partial charge in [-0.3, -0.25) is 19.9 Å². The van der Waals surface area contributed by atoms with Gasteiger partial charge in [0.2, 0.25) is 0 Å². The van der Waals surface area contributed by atoms with Gasteiger partial charge in [-0.2, -0.15) is 5.10 Å². The summed E-state index contributed by atoms with van der Waals surface area (Å²) in [5.41, 5.74) is 4.38. The Kier molecular flexibility index (Phi) is 4.62. The van der Waals surface area contributed by atoms with E-state index in [0.29, 0.717) is 38.6 Å². The van der Waals surface area contributed by atoms with E-state index in [1.54, 1.807) is 29.9 Å². The van der Waals surface area contributed by atoms with Gasteiger partial charge in [0.1, 0.15) is 5.60 Å². The van der Waals surface area contributed by atoms with Gasteiger partial charge in [0.05, 0.1) is 36.6 Å². The molecule has 8 nitrogen and oxygen atoms in total. The quantitative estimate of drug-likeness (QED) is 0.663. The van der Waals surface area contributed by atoms with Crippen molar-refractivity contribution in [3.63, 3.8) is 0 Å². The van der Waals surface area contributed by atoms with Gasteiger partial charge in [0, 0.05) is 48.0 Å². The summed E-state index contributed by atoms with van der Waals surface area (Å²) in [6.45, 7) is 3.14. The first-order valence-corrected chi connectivity index (χ1v) is 11.5. The molecule has 9 heteroatoms. The van der Waals surface area contributed by atoms with Gasteiger partial charge in [-0.15, -0.1) is 11.3 Å². The number of ether oxygens (including phenoxy) is 2. The predicted molar refractivity (Wildman–Crippen MR) is 114 cm³/mol. The Morgan fingerprint density at radius 1 is 1.19 bits per heavy atom. The van der Waals surface area contributed by atoms with E-state index in [4.69, 9.17) is 9.47 Å². The van der Waals surface area contributed by atoms with Gasteiger partial charge in [-0.05, 0) is 30.9 Å². The van der Waals surface area contributed by atoms with Crippen LogP contribution in [0, 0.1) is 0 Å². The molecule has 0 atom stereocenters. The van der Waals surface area contributed by atoms with Crippen molar-refractivity contribution in [2.45, 2.75) is 37.9 Å². The molecule has 0 bridgehead atoms. The molecule has 0 aliphatic carbocycles. The average molecular weight is 438 g/mol. The number of piperidine rings is 1. The molecule has 1 amide bonds. The second-order valence-electron chi connectivity index (χ2n) is 8.27. The topological polar surface area (TPSA) is 93.2 Å². The summed E-state index contributed by atoms with van der Waals surface area (Å²) in [6.07, 6.45) is 8.49. The van der Waals surface area contributed by atoms with E-state index < -0.39 is 0 Å². The molecule has 6 heterocycles. The Hall–Kier alpha value is -2.62. The van der Waals surface area contributed by atoms with Crippen LogP contribution in [0.4, 0.5) is 0 Å². The minimum atomic E-state index is -0.316.